The average molecular weight is 340 g/mol. The van der Waals surface area contributed by atoms with Crippen LogP contribution < -0.4 is 4.72 Å². The van der Waals surface area contributed by atoms with Crippen LogP contribution in [0.15, 0.2) is 16.6 Å². The quantitative estimate of drug-likeness (QED) is 0.878. The molecule has 2 aromatic heterocycles. The van der Waals surface area contributed by atoms with Gasteiger partial charge >= 0.3 is 0 Å². The first-order valence-corrected chi connectivity index (χ1v) is 9.62. The lowest BCUT2D eigenvalue weighted by Gasteiger charge is -2.09. The van der Waals surface area contributed by atoms with Gasteiger partial charge in [0, 0.05) is 23.4 Å². The molecule has 0 aliphatic rings. The van der Waals surface area contributed by atoms with Crippen LogP contribution in [0.2, 0.25) is 5.15 Å². The molecule has 5 nitrogen and oxygen atoms in total. The molecule has 19 heavy (non-hydrogen) atoms. The number of sulfonamides is 1. The number of fused-ring (bicyclic) bond motifs is 1. The van der Waals surface area contributed by atoms with Crippen LogP contribution in [0.1, 0.15) is 13.3 Å². The van der Waals surface area contributed by atoms with E-state index in [9.17, 15) is 8.42 Å². The summed E-state index contributed by atoms with van der Waals surface area (Å²) in [5, 5.41) is 2.21. The normalized spacial score (nSPS) is 14.1. The molecule has 0 aliphatic carbocycles. The Morgan fingerprint density at radius 1 is 1.63 bits per heavy atom. The van der Waals surface area contributed by atoms with Crippen molar-refractivity contribution in [2.75, 3.05) is 12.8 Å². The van der Waals surface area contributed by atoms with Gasteiger partial charge in [-0.05, 0) is 12.7 Å². The van der Waals surface area contributed by atoms with Gasteiger partial charge in [-0.3, -0.25) is 4.40 Å². The molecule has 0 radical (unpaired) electrons. The molecule has 106 valence electrons. The molecule has 2 heterocycles. The average Bonchev–Trinajstić information content (AvgIpc) is 2.87. The van der Waals surface area contributed by atoms with E-state index in [4.69, 9.17) is 11.6 Å². The van der Waals surface area contributed by atoms with E-state index in [1.165, 1.54) is 15.7 Å². The zero-order chi connectivity index (χ0) is 14.0. The summed E-state index contributed by atoms with van der Waals surface area (Å²) in [4.78, 5) is 4.59. The maximum Gasteiger partial charge on any atom is 0.259 e. The van der Waals surface area contributed by atoms with Gasteiger partial charge in [-0.1, -0.05) is 18.5 Å². The molecular weight excluding hydrogens is 326 g/mol. The molecule has 0 aliphatic heterocycles. The third-order valence-electron chi connectivity index (χ3n) is 2.68. The summed E-state index contributed by atoms with van der Waals surface area (Å²) in [5.41, 5.74) is 0. The number of hydrogen-bond acceptors (Lipinski definition) is 5. The third kappa shape index (κ3) is 3.25. The fourth-order valence-electron chi connectivity index (χ4n) is 1.56. The van der Waals surface area contributed by atoms with Crippen molar-refractivity contribution >= 4 is 49.7 Å². The van der Waals surface area contributed by atoms with Crippen LogP contribution in [-0.4, -0.2) is 35.9 Å². The Bertz CT molecular complexity index is 665. The van der Waals surface area contributed by atoms with E-state index in [0.29, 0.717) is 16.8 Å². The van der Waals surface area contributed by atoms with Gasteiger partial charge in [0.1, 0.15) is 0 Å². The highest BCUT2D eigenvalue weighted by Crippen LogP contribution is 2.25. The van der Waals surface area contributed by atoms with Crippen LogP contribution in [0.5, 0.6) is 0 Å². The number of thioether (sulfide) groups is 1. The maximum absolute atomic E-state index is 12.2. The smallest absolute Gasteiger partial charge is 0.259 e. The number of nitrogens with zero attached hydrogens (tertiary/aromatic N) is 2. The largest absolute Gasteiger partial charge is 0.279 e. The van der Waals surface area contributed by atoms with Gasteiger partial charge in [-0.2, -0.15) is 11.8 Å². The molecule has 9 heteroatoms. The van der Waals surface area contributed by atoms with Crippen LogP contribution in [0, 0.1) is 0 Å². The number of nitrogens with one attached hydrogen (secondary N) is 1. The Hall–Kier alpha value is -0.280. The van der Waals surface area contributed by atoms with E-state index in [0.717, 1.165) is 6.42 Å². The van der Waals surface area contributed by atoms with E-state index in [-0.39, 0.29) is 10.2 Å². The standard InChI is InChI=1S/C10H14ClN3O2S3/c1-7(17-2)3-4-12-19(15,16)9-8(11)13-10-14(9)5-6-18-10/h5-7,12H,3-4H2,1-2H3. The van der Waals surface area contributed by atoms with Crippen molar-refractivity contribution in [2.45, 2.75) is 23.6 Å². The van der Waals surface area contributed by atoms with Crippen molar-refractivity contribution in [3.63, 3.8) is 0 Å². The first-order valence-electron chi connectivity index (χ1n) is 5.59. The topological polar surface area (TPSA) is 63.5 Å². The minimum Gasteiger partial charge on any atom is -0.279 e. The second-order valence-electron chi connectivity index (χ2n) is 4.00. The monoisotopic (exact) mass is 339 g/mol. The van der Waals surface area contributed by atoms with Crippen LogP contribution in [0.3, 0.4) is 0 Å². The Balaban J connectivity index is 2.19. The molecule has 0 aromatic carbocycles. The lowest BCUT2D eigenvalue weighted by molar-refractivity contribution is 0.574. The molecule has 1 N–H and O–H groups in total. The van der Waals surface area contributed by atoms with E-state index in [1.807, 2.05) is 6.26 Å². The predicted octanol–water partition coefficient (Wildman–Crippen LogP) is 2.47. The maximum atomic E-state index is 12.2. The lowest BCUT2D eigenvalue weighted by Crippen LogP contribution is -2.27. The summed E-state index contributed by atoms with van der Waals surface area (Å²) in [7, 11) is -3.63. The molecule has 1 atom stereocenters. The molecule has 2 rings (SSSR count). The van der Waals surface area contributed by atoms with Crippen LogP contribution in [0.4, 0.5) is 0 Å². The predicted molar refractivity (Wildman–Crippen MR) is 80.9 cm³/mol. The molecule has 0 fully saturated rings. The number of halogens is 1. The second kappa shape index (κ2) is 6.01. The number of rotatable bonds is 6. The number of aromatic nitrogens is 2. The second-order valence-corrected chi connectivity index (χ2v) is 8.19. The van der Waals surface area contributed by atoms with E-state index < -0.39 is 10.0 Å². The summed E-state index contributed by atoms with van der Waals surface area (Å²) >= 11 is 8.96. The minimum absolute atomic E-state index is 0.0114. The Kier molecular flexibility index (Phi) is 4.78. The fourth-order valence-corrected chi connectivity index (χ4v) is 4.41. The fraction of sp³-hybridized carbons (Fsp3) is 0.500. The zero-order valence-corrected chi connectivity index (χ0v) is 13.7. The van der Waals surface area contributed by atoms with Crippen molar-refractivity contribution in [3.05, 3.63) is 16.7 Å². The molecule has 0 saturated heterocycles. The van der Waals surface area contributed by atoms with Gasteiger partial charge in [0.25, 0.3) is 10.0 Å². The minimum atomic E-state index is -3.63. The van der Waals surface area contributed by atoms with Gasteiger partial charge in [0.15, 0.2) is 15.1 Å². The Labute approximate surface area is 125 Å². The first-order chi connectivity index (χ1) is 8.95. The number of imidazole rings is 1. The molecule has 2 aromatic rings. The van der Waals surface area contributed by atoms with Crippen molar-refractivity contribution in [1.29, 1.82) is 0 Å². The highest BCUT2D eigenvalue weighted by Gasteiger charge is 2.24. The summed E-state index contributed by atoms with van der Waals surface area (Å²) in [6, 6.07) is 0. The Morgan fingerprint density at radius 2 is 2.37 bits per heavy atom. The van der Waals surface area contributed by atoms with Gasteiger partial charge in [0.05, 0.1) is 0 Å². The SMILES string of the molecule is CSC(C)CCNS(=O)(=O)c1c(Cl)nc2sccn12. The number of thiazole rings is 1. The first kappa shape index (κ1) is 15.1. The van der Waals surface area contributed by atoms with Crippen molar-refractivity contribution in [2.24, 2.45) is 0 Å². The van der Waals surface area contributed by atoms with Crippen molar-refractivity contribution in [3.8, 4) is 0 Å². The number of hydrogen-bond donors (Lipinski definition) is 1. The molecule has 0 spiro atoms. The highest BCUT2D eigenvalue weighted by molar-refractivity contribution is 7.99. The van der Waals surface area contributed by atoms with E-state index in [1.54, 1.807) is 23.3 Å². The highest BCUT2D eigenvalue weighted by atomic mass is 35.5. The van der Waals surface area contributed by atoms with E-state index >= 15 is 0 Å². The van der Waals surface area contributed by atoms with Crippen molar-refractivity contribution < 1.29 is 8.42 Å². The molecule has 1 unspecified atom stereocenters. The molecule has 0 bridgehead atoms. The Morgan fingerprint density at radius 3 is 3.05 bits per heavy atom. The van der Waals surface area contributed by atoms with Crippen molar-refractivity contribution in [1.82, 2.24) is 14.1 Å². The molecule has 0 saturated carbocycles. The van der Waals surface area contributed by atoms with Gasteiger partial charge in [0.2, 0.25) is 0 Å². The summed E-state index contributed by atoms with van der Waals surface area (Å²) < 4.78 is 28.5. The summed E-state index contributed by atoms with van der Waals surface area (Å²) in [5.74, 6) is 0. The molecule has 0 amide bonds. The van der Waals surface area contributed by atoms with Crippen LogP contribution in [-0.2, 0) is 10.0 Å². The van der Waals surface area contributed by atoms with Crippen LogP contribution >= 0.6 is 34.7 Å². The summed E-state index contributed by atoms with van der Waals surface area (Å²) in [6.45, 7) is 2.44. The van der Waals surface area contributed by atoms with E-state index in [2.05, 4.69) is 16.6 Å². The molecular formula is C10H14ClN3O2S3. The zero-order valence-electron chi connectivity index (χ0n) is 10.5. The van der Waals surface area contributed by atoms with Gasteiger partial charge < -0.3 is 0 Å². The van der Waals surface area contributed by atoms with Crippen LogP contribution in [0.25, 0.3) is 4.96 Å². The lowest BCUT2D eigenvalue weighted by atomic mass is 10.3. The third-order valence-corrected chi connectivity index (χ3v) is 6.33. The van der Waals surface area contributed by atoms with Gasteiger partial charge in [-0.15, -0.1) is 11.3 Å². The summed E-state index contributed by atoms with van der Waals surface area (Å²) in [6.07, 6.45) is 4.42. The van der Waals surface area contributed by atoms with Gasteiger partial charge in [-0.25, -0.2) is 18.1 Å².